The van der Waals surface area contributed by atoms with Gasteiger partial charge in [0, 0.05) is 12.1 Å². The number of hydrogen-bond acceptors (Lipinski definition) is 7. The molecule has 4 aromatic rings. The number of aliphatic hydroxyl groups is 1. The van der Waals surface area contributed by atoms with Crippen molar-refractivity contribution in [3.8, 4) is 0 Å². The highest BCUT2D eigenvalue weighted by Gasteiger charge is 2.28. The van der Waals surface area contributed by atoms with Crippen LogP contribution in [0, 0.1) is 10.1 Å². The van der Waals surface area contributed by atoms with Gasteiger partial charge in [-0.05, 0) is 30.3 Å². The van der Waals surface area contributed by atoms with Crippen molar-refractivity contribution >= 4 is 32.4 Å². The molecule has 1 aromatic heterocycles. The Bertz CT molecular complexity index is 1360. The Morgan fingerprint density at radius 2 is 1.75 bits per heavy atom. The monoisotopic (exact) mass is 453 g/mol. The number of non-ortho nitro benzene ring substituents is 1. The van der Waals surface area contributed by atoms with Crippen LogP contribution in [0.25, 0.3) is 11.0 Å². The van der Waals surface area contributed by atoms with Crippen molar-refractivity contribution in [3.63, 3.8) is 0 Å². The average molecular weight is 453 g/mol. The Morgan fingerprint density at radius 1 is 1.03 bits per heavy atom. The lowest BCUT2D eigenvalue weighted by Crippen LogP contribution is -2.39. The van der Waals surface area contributed by atoms with Gasteiger partial charge in [-0.2, -0.15) is 0 Å². The topological polar surface area (TPSA) is 131 Å². The van der Waals surface area contributed by atoms with Gasteiger partial charge in [-0.3, -0.25) is 14.4 Å². The molecule has 0 aliphatic carbocycles. The van der Waals surface area contributed by atoms with E-state index in [2.05, 4.69) is 10.3 Å². The predicted molar refractivity (Wildman–Crippen MR) is 118 cm³/mol. The smallest absolute Gasteiger partial charge is 0.271 e. The first-order chi connectivity index (χ1) is 15.4. The van der Waals surface area contributed by atoms with Crippen molar-refractivity contribution in [2.45, 2.75) is 17.5 Å². The third-order valence-corrected chi connectivity index (χ3v) is 6.65. The molecule has 1 atom stereocenters. The lowest BCUT2D eigenvalue weighted by atomic mass is 10.2. The number of nitro groups is 1. The molecule has 4 rings (SSSR count). The number of nitro benzene ring substituents is 1. The van der Waals surface area contributed by atoms with E-state index in [1.807, 2.05) is 12.1 Å². The third kappa shape index (κ3) is 4.29. The lowest BCUT2D eigenvalue weighted by Gasteiger charge is -2.26. The number of sulfonamides is 1. The summed E-state index contributed by atoms with van der Waals surface area (Å²) in [6, 6.07) is 20.2. The molecule has 1 unspecified atom stereocenters. The number of fused-ring (bicyclic) bond motifs is 1. The van der Waals surface area contributed by atoms with Gasteiger partial charge in [-0.15, -0.1) is 5.10 Å². The van der Waals surface area contributed by atoms with Crippen LogP contribution in [0.1, 0.15) is 0 Å². The van der Waals surface area contributed by atoms with E-state index in [9.17, 15) is 23.6 Å². The summed E-state index contributed by atoms with van der Waals surface area (Å²) in [6.45, 7) is -0.358. The van der Waals surface area contributed by atoms with Crippen LogP contribution in [0.2, 0.25) is 0 Å². The first-order valence-corrected chi connectivity index (χ1v) is 11.1. The van der Waals surface area contributed by atoms with Crippen molar-refractivity contribution in [3.05, 3.63) is 89.0 Å². The largest absolute Gasteiger partial charge is 0.389 e. The number of hydrogen-bond donors (Lipinski definition) is 1. The van der Waals surface area contributed by atoms with E-state index in [1.54, 1.807) is 30.3 Å². The normalized spacial score (nSPS) is 12.5. The molecule has 0 spiro atoms. The molecule has 0 radical (unpaired) electrons. The minimum Gasteiger partial charge on any atom is -0.389 e. The number of rotatable bonds is 8. The van der Waals surface area contributed by atoms with Gasteiger partial charge < -0.3 is 5.11 Å². The fourth-order valence-electron chi connectivity index (χ4n) is 3.32. The van der Waals surface area contributed by atoms with Crippen molar-refractivity contribution in [2.75, 3.05) is 10.8 Å². The fourth-order valence-corrected chi connectivity index (χ4v) is 4.84. The van der Waals surface area contributed by atoms with Gasteiger partial charge in [-0.25, -0.2) is 13.1 Å². The summed E-state index contributed by atoms with van der Waals surface area (Å²) in [6.07, 6.45) is -1.17. The molecule has 0 bridgehead atoms. The zero-order chi connectivity index (χ0) is 22.7. The summed E-state index contributed by atoms with van der Waals surface area (Å²) in [5, 5.41) is 30.0. The molecule has 0 amide bonds. The van der Waals surface area contributed by atoms with Crippen molar-refractivity contribution in [2.24, 2.45) is 0 Å². The van der Waals surface area contributed by atoms with Gasteiger partial charge in [0.25, 0.3) is 15.7 Å². The highest BCUT2D eigenvalue weighted by molar-refractivity contribution is 7.92. The first kappa shape index (κ1) is 21.4. The van der Waals surface area contributed by atoms with Gasteiger partial charge >= 0.3 is 0 Å². The zero-order valence-electron chi connectivity index (χ0n) is 16.7. The first-order valence-electron chi connectivity index (χ1n) is 9.65. The minimum atomic E-state index is -4.11. The van der Waals surface area contributed by atoms with Gasteiger partial charge in [0.1, 0.15) is 5.52 Å². The molecule has 0 aliphatic rings. The molecule has 1 heterocycles. The van der Waals surface area contributed by atoms with E-state index in [1.165, 1.54) is 35.0 Å². The van der Waals surface area contributed by atoms with Gasteiger partial charge in [0.15, 0.2) is 0 Å². The summed E-state index contributed by atoms with van der Waals surface area (Å²) in [5.41, 5.74) is 1.16. The number of aliphatic hydroxyl groups excluding tert-OH is 1. The highest BCUT2D eigenvalue weighted by Crippen LogP contribution is 2.27. The summed E-state index contributed by atoms with van der Waals surface area (Å²) in [7, 11) is -4.11. The molecule has 0 aliphatic heterocycles. The van der Waals surface area contributed by atoms with Crippen LogP contribution in [0.15, 0.2) is 83.8 Å². The summed E-state index contributed by atoms with van der Waals surface area (Å²) in [5.74, 6) is 0. The Kier molecular flexibility index (Phi) is 5.84. The van der Waals surface area contributed by atoms with Gasteiger partial charge in [0.05, 0.1) is 40.2 Å². The Balaban J connectivity index is 1.69. The van der Waals surface area contributed by atoms with E-state index < -0.39 is 21.1 Å². The van der Waals surface area contributed by atoms with Crippen LogP contribution in [-0.4, -0.2) is 46.1 Å². The van der Waals surface area contributed by atoms with E-state index >= 15 is 0 Å². The molecule has 0 saturated carbocycles. The number of aromatic nitrogens is 3. The maximum absolute atomic E-state index is 13.4. The summed E-state index contributed by atoms with van der Waals surface area (Å²) in [4.78, 5) is 10.6. The van der Waals surface area contributed by atoms with Crippen molar-refractivity contribution < 1.29 is 18.4 Å². The van der Waals surface area contributed by atoms with Crippen LogP contribution in [-0.2, 0) is 16.6 Å². The van der Waals surface area contributed by atoms with Crippen LogP contribution < -0.4 is 4.31 Å². The molecular weight excluding hydrogens is 434 g/mol. The van der Waals surface area contributed by atoms with Crippen LogP contribution in [0.4, 0.5) is 11.4 Å². The van der Waals surface area contributed by atoms with Gasteiger partial charge in [-0.1, -0.05) is 41.6 Å². The number of para-hydroxylation sites is 1. The second-order valence-electron chi connectivity index (χ2n) is 7.04. The Morgan fingerprint density at radius 3 is 2.50 bits per heavy atom. The van der Waals surface area contributed by atoms with Crippen LogP contribution >= 0.6 is 0 Å². The molecule has 164 valence electrons. The van der Waals surface area contributed by atoms with Crippen molar-refractivity contribution in [1.82, 2.24) is 15.0 Å². The Labute approximate surface area is 183 Å². The van der Waals surface area contributed by atoms with Crippen LogP contribution in [0.5, 0.6) is 0 Å². The molecule has 32 heavy (non-hydrogen) atoms. The summed E-state index contributed by atoms with van der Waals surface area (Å²) < 4.78 is 29.2. The minimum absolute atomic E-state index is 0.00455. The molecule has 10 nitrogen and oxygen atoms in total. The highest BCUT2D eigenvalue weighted by atomic mass is 32.2. The Hall–Kier alpha value is -3.83. The molecule has 0 fully saturated rings. The van der Waals surface area contributed by atoms with E-state index in [0.717, 1.165) is 10.4 Å². The van der Waals surface area contributed by atoms with Crippen molar-refractivity contribution in [1.29, 1.82) is 0 Å². The van der Waals surface area contributed by atoms with E-state index in [-0.39, 0.29) is 29.4 Å². The molecular formula is C21H19N5O5S. The lowest BCUT2D eigenvalue weighted by molar-refractivity contribution is -0.384. The van der Waals surface area contributed by atoms with Gasteiger partial charge in [0.2, 0.25) is 0 Å². The average Bonchev–Trinajstić information content (AvgIpc) is 3.21. The molecule has 3 aromatic carbocycles. The fraction of sp³-hybridized carbons (Fsp3) is 0.143. The maximum Gasteiger partial charge on any atom is 0.271 e. The van der Waals surface area contributed by atoms with E-state index in [4.69, 9.17) is 0 Å². The third-order valence-electron chi connectivity index (χ3n) is 4.84. The quantitative estimate of drug-likeness (QED) is 0.320. The molecule has 1 N–H and O–H groups in total. The number of benzene rings is 3. The number of nitrogens with zero attached hydrogens (tertiary/aromatic N) is 5. The molecule has 11 heteroatoms. The predicted octanol–water partition coefficient (Wildman–Crippen LogP) is 2.60. The molecule has 0 saturated heterocycles. The zero-order valence-corrected chi connectivity index (χ0v) is 17.5. The maximum atomic E-state index is 13.4. The summed E-state index contributed by atoms with van der Waals surface area (Å²) >= 11 is 0. The van der Waals surface area contributed by atoms with Crippen LogP contribution in [0.3, 0.4) is 0 Å². The van der Waals surface area contributed by atoms with E-state index in [0.29, 0.717) is 11.0 Å². The second kappa shape index (κ2) is 8.73. The SMILES string of the molecule is O=[N+]([O-])c1cccc(N(CC(O)Cn2nnc3ccccc32)S(=O)(=O)c2ccccc2)c1. The second-order valence-corrected chi connectivity index (χ2v) is 8.90. The standard InChI is InChI=1S/C21H19N5O5S/c27-18(14-24-21-12-5-4-11-20(21)22-23-24)15-25(16-7-6-8-17(13-16)26(28)29)32(30,31)19-9-2-1-3-10-19/h1-13,18,27H,14-15H2. The number of anilines is 1.